The summed E-state index contributed by atoms with van der Waals surface area (Å²) >= 11 is 1.81. The Balaban J connectivity index is 2.09. The number of thioether (sulfide) groups is 1. The monoisotopic (exact) mass is 255 g/mol. The van der Waals surface area contributed by atoms with Crippen LogP contribution >= 0.6 is 11.8 Å². The van der Waals surface area contributed by atoms with E-state index in [2.05, 4.69) is 5.10 Å². The van der Waals surface area contributed by atoms with Gasteiger partial charge in [-0.25, -0.2) is 4.68 Å². The van der Waals surface area contributed by atoms with Crippen molar-refractivity contribution in [3.8, 4) is 0 Å². The first-order chi connectivity index (χ1) is 8.16. The molecule has 6 nitrogen and oxygen atoms in total. The summed E-state index contributed by atoms with van der Waals surface area (Å²) in [5.74, 6) is 1.71. The summed E-state index contributed by atoms with van der Waals surface area (Å²) < 4.78 is 1.05. The van der Waals surface area contributed by atoms with Crippen LogP contribution in [0.2, 0.25) is 0 Å². The number of nitrogens with zero attached hydrogens (tertiary/aromatic N) is 2. The fourth-order valence-corrected chi connectivity index (χ4v) is 2.53. The van der Waals surface area contributed by atoms with Gasteiger partial charge in [0.2, 0.25) is 5.91 Å². The number of amides is 1. The summed E-state index contributed by atoms with van der Waals surface area (Å²) in [6, 6.07) is 2.32. The number of rotatable bonds is 2. The first-order valence-electron chi connectivity index (χ1n) is 5.32. The van der Waals surface area contributed by atoms with Gasteiger partial charge in [-0.1, -0.05) is 0 Å². The first-order valence-corrected chi connectivity index (χ1v) is 6.48. The van der Waals surface area contributed by atoms with Crippen LogP contribution in [0.1, 0.15) is 0 Å². The molecule has 0 aromatic carbocycles. The summed E-state index contributed by atoms with van der Waals surface area (Å²) in [6.07, 6.45) is 0. The molecule has 1 amide bonds. The molecule has 1 fully saturated rings. The average Bonchev–Trinajstić information content (AvgIpc) is 2.35. The molecule has 1 aromatic rings. The Morgan fingerprint density at radius 2 is 2.00 bits per heavy atom. The molecule has 7 heteroatoms. The highest BCUT2D eigenvalue weighted by molar-refractivity contribution is 7.99. The van der Waals surface area contributed by atoms with E-state index in [1.165, 1.54) is 0 Å². The molecule has 0 saturated carbocycles. The molecule has 2 rings (SSSR count). The number of H-pyrrole nitrogens is 1. The number of carbonyl (C=O) groups excluding carboxylic acids is 1. The minimum atomic E-state index is -0.383. The van der Waals surface area contributed by atoms with Crippen molar-refractivity contribution in [1.29, 1.82) is 0 Å². The minimum Gasteiger partial charge on any atom is -0.339 e. The molecule has 0 aliphatic carbocycles. The van der Waals surface area contributed by atoms with Crippen molar-refractivity contribution >= 4 is 17.7 Å². The van der Waals surface area contributed by atoms with Crippen LogP contribution in [0.25, 0.3) is 0 Å². The highest BCUT2D eigenvalue weighted by Crippen LogP contribution is 2.09. The van der Waals surface area contributed by atoms with E-state index in [0.717, 1.165) is 28.3 Å². The smallest absolute Gasteiger partial charge is 0.265 e. The van der Waals surface area contributed by atoms with Crippen LogP contribution in [0.5, 0.6) is 0 Å². The summed E-state index contributed by atoms with van der Waals surface area (Å²) in [7, 11) is 0. The van der Waals surface area contributed by atoms with Gasteiger partial charge in [-0.05, 0) is 0 Å². The van der Waals surface area contributed by atoms with Crippen molar-refractivity contribution in [2.24, 2.45) is 0 Å². The van der Waals surface area contributed by atoms with E-state index in [9.17, 15) is 14.4 Å². The highest BCUT2D eigenvalue weighted by Gasteiger charge is 2.17. The molecule has 1 aliphatic rings. The Hall–Kier alpha value is -1.50. The van der Waals surface area contributed by atoms with E-state index >= 15 is 0 Å². The van der Waals surface area contributed by atoms with E-state index in [1.807, 2.05) is 11.8 Å². The third kappa shape index (κ3) is 3.00. The van der Waals surface area contributed by atoms with E-state index in [4.69, 9.17) is 0 Å². The van der Waals surface area contributed by atoms with Crippen molar-refractivity contribution in [2.45, 2.75) is 6.54 Å². The number of nitrogens with one attached hydrogen (secondary N) is 1. The lowest BCUT2D eigenvalue weighted by atomic mass is 10.4. The van der Waals surface area contributed by atoms with Gasteiger partial charge in [-0.3, -0.25) is 19.5 Å². The van der Waals surface area contributed by atoms with Gasteiger partial charge in [0.1, 0.15) is 6.54 Å². The molecule has 17 heavy (non-hydrogen) atoms. The third-order valence-electron chi connectivity index (χ3n) is 2.55. The first kappa shape index (κ1) is 12.0. The van der Waals surface area contributed by atoms with Gasteiger partial charge < -0.3 is 4.90 Å². The van der Waals surface area contributed by atoms with Crippen LogP contribution in [-0.2, 0) is 11.3 Å². The summed E-state index contributed by atoms with van der Waals surface area (Å²) in [5.41, 5.74) is -0.754. The summed E-state index contributed by atoms with van der Waals surface area (Å²) in [4.78, 5) is 36.0. The van der Waals surface area contributed by atoms with Gasteiger partial charge in [0, 0.05) is 36.7 Å². The molecular weight excluding hydrogens is 242 g/mol. The van der Waals surface area contributed by atoms with Crippen LogP contribution in [0.15, 0.2) is 21.7 Å². The van der Waals surface area contributed by atoms with Crippen LogP contribution < -0.4 is 11.1 Å². The Morgan fingerprint density at radius 1 is 1.29 bits per heavy atom. The van der Waals surface area contributed by atoms with Gasteiger partial charge >= 0.3 is 0 Å². The number of carbonyl (C=O) groups is 1. The van der Waals surface area contributed by atoms with Crippen LogP contribution in [-0.4, -0.2) is 45.2 Å². The van der Waals surface area contributed by atoms with Gasteiger partial charge in [-0.15, -0.1) is 0 Å². The second kappa shape index (κ2) is 5.22. The lowest BCUT2D eigenvalue weighted by Gasteiger charge is -2.26. The Morgan fingerprint density at radius 3 is 2.71 bits per heavy atom. The number of hydrogen-bond donors (Lipinski definition) is 1. The Bertz CT molecular complexity index is 516. The second-order valence-corrected chi connectivity index (χ2v) is 4.95. The zero-order valence-corrected chi connectivity index (χ0v) is 10.0. The van der Waals surface area contributed by atoms with Crippen LogP contribution in [0.4, 0.5) is 0 Å². The maximum atomic E-state index is 11.9. The summed E-state index contributed by atoms with van der Waals surface area (Å²) in [6.45, 7) is 1.31. The van der Waals surface area contributed by atoms with Crippen molar-refractivity contribution < 1.29 is 4.79 Å². The molecule has 0 atom stereocenters. The largest absolute Gasteiger partial charge is 0.339 e. The molecule has 1 N–H and O–H groups in total. The Kier molecular flexibility index (Phi) is 3.68. The molecule has 1 saturated heterocycles. The molecular formula is C10H13N3O3S. The predicted molar refractivity (Wildman–Crippen MR) is 65.2 cm³/mol. The van der Waals surface area contributed by atoms with Gasteiger partial charge in [0.25, 0.3) is 11.1 Å². The number of aromatic amines is 1. The van der Waals surface area contributed by atoms with Gasteiger partial charge in [0.15, 0.2) is 0 Å². The van der Waals surface area contributed by atoms with E-state index in [-0.39, 0.29) is 23.6 Å². The highest BCUT2D eigenvalue weighted by atomic mass is 32.2. The number of hydrogen-bond acceptors (Lipinski definition) is 4. The molecule has 1 aliphatic heterocycles. The quantitative estimate of drug-likeness (QED) is 0.744. The standard InChI is InChI=1S/C10H13N3O3S/c14-8-1-2-9(15)13(11-8)7-10(16)12-3-5-17-6-4-12/h1-2H,3-7H2,(H,11,14). The van der Waals surface area contributed by atoms with Crippen LogP contribution in [0, 0.1) is 0 Å². The van der Waals surface area contributed by atoms with E-state index in [1.54, 1.807) is 4.90 Å². The molecule has 1 aromatic heterocycles. The van der Waals surface area contributed by atoms with Crippen molar-refractivity contribution in [3.05, 3.63) is 32.8 Å². The molecule has 0 radical (unpaired) electrons. The second-order valence-electron chi connectivity index (χ2n) is 3.73. The lowest BCUT2D eigenvalue weighted by Crippen LogP contribution is -2.42. The minimum absolute atomic E-state index is 0.0976. The topological polar surface area (TPSA) is 75.2 Å². The fourth-order valence-electron chi connectivity index (χ4n) is 1.63. The van der Waals surface area contributed by atoms with Crippen molar-refractivity contribution in [1.82, 2.24) is 14.7 Å². The Labute approximate surface area is 102 Å². The zero-order chi connectivity index (χ0) is 12.3. The number of aromatic nitrogens is 2. The van der Waals surface area contributed by atoms with E-state index < -0.39 is 0 Å². The molecule has 92 valence electrons. The third-order valence-corrected chi connectivity index (χ3v) is 3.49. The predicted octanol–water partition coefficient (Wildman–Crippen LogP) is -0.888. The SMILES string of the molecule is O=C(Cn1[nH]c(=O)ccc1=O)N1CCSCC1. The molecule has 0 bridgehead atoms. The van der Waals surface area contributed by atoms with Crippen LogP contribution in [0.3, 0.4) is 0 Å². The van der Waals surface area contributed by atoms with Gasteiger partial charge in [0.05, 0.1) is 0 Å². The zero-order valence-electron chi connectivity index (χ0n) is 9.22. The van der Waals surface area contributed by atoms with Crippen molar-refractivity contribution in [2.75, 3.05) is 24.6 Å². The molecule has 2 heterocycles. The maximum absolute atomic E-state index is 11.9. The summed E-state index contributed by atoms with van der Waals surface area (Å²) in [5, 5.41) is 2.34. The molecule has 0 unspecified atom stereocenters. The average molecular weight is 255 g/mol. The maximum Gasteiger partial charge on any atom is 0.265 e. The van der Waals surface area contributed by atoms with E-state index in [0.29, 0.717) is 13.1 Å². The normalized spacial score (nSPS) is 15.9. The fraction of sp³-hybridized carbons (Fsp3) is 0.500. The molecule has 0 spiro atoms. The van der Waals surface area contributed by atoms with Crippen molar-refractivity contribution in [3.63, 3.8) is 0 Å². The lowest BCUT2D eigenvalue weighted by molar-refractivity contribution is -0.131. The van der Waals surface area contributed by atoms with Gasteiger partial charge in [-0.2, -0.15) is 11.8 Å².